The lowest BCUT2D eigenvalue weighted by Gasteiger charge is -2.41. The van der Waals surface area contributed by atoms with E-state index >= 15 is 0 Å². The highest BCUT2D eigenvalue weighted by Crippen LogP contribution is 2.29. The first-order chi connectivity index (χ1) is 12.1. The Balaban J connectivity index is 1.54. The SMILES string of the molecule is CCC(=O)C1CCC(N2CCN(CCOCCOC(C)C)CC2)CC1. The van der Waals surface area contributed by atoms with Crippen LogP contribution in [-0.2, 0) is 14.3 Å². The summed E-state index contributed by atoms with van der Waals surface area (Å²) in [5, 5.41) is 0. The number of ether oxygens (including phenoxy) is 2. The molecule has 1 heterocycles. The van der Waals surface area contributed by atoms with Gasteiger partial charge in [-0.2, -0.15) is 0 Å². The van der Waals surface area contributed by atoms with E-state index in [0.29, 0.717) is 37.4 Å². The lowest BCUT2D eigenvalue weighted by atomic mass is 9.82. The minimum absolute atomic E-state index is 0.284. The number of ketones is 1. The van der Waals surface area contributed by atoms with E-state index in [1.807, 2.05) is 20.8 Å². The van der Waals surface area contributed by atoms with Gasteiger partial charge in [-0.3, -0.25) is 14.6 Å². The van der Waals surface area contributed by atoms with Crippen molar-refractivity contribution in [2.45, 2.75) is 65.0 Å². The van der Waals surface area contributed by atoms with Crippen LogP contribution in [0.3, 0.4) is 0 Å². The van der Waals surface area contributed by atoms with Crippen LogP contribution in [0.2, 0.25) is 0 Å². The third-order valence-electron chi connectivity index (χ3n) is 5.65. The molecule has 5 nitrogen and oxygen atoms in total. The molecule has 1 saturated carbocycles. The number of piperazine rings is 1. The monoisotopic (exact) mass is 354 g/mol. The number of carbonyl (C=O) groups excluding carboxylic acids is 1. The van der Waals surface area contributed by atoms with E-state index in [4.69, 9.17) is 9.47 Å². The zero-order chi connectivity index (χ0) is 18.1. The van der Waals surface area contributed by atoms with Crippen molar-refractivity contribution in [3.8, 4) is 0 Å². The Morgan fingerprint density at radius 3 is 2.28 bits per heavy atom. The first kappa shape index (κ1) is 20.8. The summed E-state index contributed by atoms with van der Waals surface area (Å²) in [7, 11) is 0. The zero-order valence-corrected chi connectivity index (χ0v) is 16.5. The summed E-state index contributed by atoms with van der Waals surface area (Å²) in [6.07, 6.45) is 5.60. The van der Waals surface area contributed by atoms with Crippen LogP contribution in [0.25, 0.3) is 0 Å². The van der Waals surface area contributed by atoms with Crippen LogP contribution >= 0.6 is 0 Å². The van der Waals surface area contributed by atoms with Gasteiger partial charge < -0.3 is 9.47 Å². The van der Waals surface area contributed by atoms with Crippen molar-refractivity contribution in [1.29, 1.82) is 0 Å². The van der Waals surface area contributed by atoms with Crippen LogP contribution in [0.1, 0.15) is 52.9 Å². The molecule has 146 valence electrons. The smallest absolute Gasteiger partial charge is 0.135 e. The number of nitrogens with zero attached hydrogens (tertiary/aromatic N) is 2. The number of hydrogen-bond donors (Lipinski definition) is 0. The molecule has 1 aliphatic carbocycles. The normalized spacial score (nSPS) is 26.2. The highest BCUT2D eigenvalue weighted by molar-refractivity contribution is 5.80. The summed E-state index contributed by atoms with van der Waals surface area (Å²) in [6.45, 7) is 13.9. The van der Waals surface area contributed by atoms with E-state index in [0.717, 1.165) is 52.2 Å². The topological polar surface area (TPSA) is 42.0 Å². The van der Waals surface area contributed by atoms with Gasteiger partial charge in [-0.25, -0.2) is 0 Å². The third kappa shape index (κ3) is 7.33. The Hall–Kier alpha value is -0.490. The van der Waals surface area contributed by atoms with Crippen LogP contribution in [-0.4, -0.2) is 80.3 Å². The molecule has 2 fully saturated rings. The summed E-state index contributed by atoms with van der Waals surface area (Å²) in [4.78, 5) is 17.0. The quantitative estimate of drug-likeness (QED) is 0.564. The number of rotatable bonds is 10. The highest BCUT2D eigenvalue weighted by atomic mass is 16.5. The average Bonchev–Trinajstić information content (AvgIpc) is 2.64. The van der Waals surface area contributed by atoms with Gasteiger partial charge in [0.25, 0.3) is 0 Å². The lowest BCUT2D eigenvalue weighted by Crippen LogP contribution is -2.51. The molecule has 0 atom stereocenters. The molecule has 0 radical (unpaired) electrons. The second-order valence-electron chi connectivity index (χ2n) is 7.73. The maximum absolute atomic E-state index is 11.9. The Kier molecular flexibility index (Phi) is 9.39. The predicted molar refractivity (Wildman–Crippen MR) is 101 cm³/mol. The third-order valence-corrected chi connectivity index (χ3v) is 5.65. The van der Waals surface area contributed by atoms with Crippen molar-refractivity contribution in [2.75, 3.05) is 52.5 Å². The van der Waals surface area contributed by atoms with Gasteiger partial charge in [-0.1, -0.05) is 6.92 Å². The van der Waals surface area contributed by atoms with Gasteiger partial charge in [0.15, 0.2) is 0 Å². The maximum Gasteiger partial charge on any atom is 0.135 e. The fourth-order valence-corrected chi connectivity index (χ4v) is 4.04. The Morgan fingerprint density at radius 1 is 1.00 bits per heavy atom. The molecule has 1 saturated heterocycles. The van der Waals surface area contributed by atoms with Crippen LogP contribution in [0.15, 0.2) is 0 Å². The Bertz CT molecular complexity index is 373. The fraction of sp³-hybridized carbons (Fsp3) is 0.950. The van der Waals surface area contributed by atoms with E-state index < -0.39 is 0 Å². The Morgan fingerprint density at radius 2 is 1.68 bits per heavy atom. The van der Waals surface area contributed by atoms with E-state index in [1.165, 1.54) is 12.8 Å². The molecule has 0 aromatic heterocycles. The summed E-state index contributed by atoms with van der Waals surface area (Å²) in [6, 6.07) is 0.701. The molecule has 1 aliphatic heterocycles. The molecular weight excluding hydrogens is 316 g/mol. The molecule has 2 aliphatic rings. The molecule has 0 amide bonds. The van der Waals surface area contributed by atoms with Crippen molar-refractivity contribution in [3.05, 3.63) is 0 Å². The van der Waals surface area contributed by atoms with E-state index in [2.05, 4.69) is 9.80 Å². The number of Topliss-reactive ketones (excluding diaryl/α,β-unsaturated/α-hetero) is 1. The summed E-state index contributed by atoms with van der Waals surface area (Å²) in [5.74, 6) is 0.821. The van der Waals surface area contributed by atoms with Crippen molar-refractivity contribution in [3.63, 3.8) is 0 Å². The molecule has 0 spiro atoms. The van der Waals surface area contributed by atoms with E-state index in [1.54, 1.807) is 0 Å². The van der Waals surface area contributed by atoms with Gasteiger partial charge in [0.05, 0.1) is 25.9 Å². The van der Waals surface area contributed by atoms with Crippen LogP contribution in [0.5, 0.6) is 0 Å². The standard InChI is InChI=1S/C20H38N2O3/c1-4-20(23)18-5-7-19(8-6-18)22-11-9-21(10-12-22)13-14-24-15-16-25-17(2)3/h17-19H,4-16H2,1-3H3. The van der Waals surface area contributed by atoms with Gasteiger partial charge in [-0.15, -0.1) is 0 Å². The summed E-state index contributed by atoms with van der Waals surface area (Å²) >= 11 is 0. The van der Waals surface area contributed by atoms with Gasteiger partial charge in [0.1, 0.15) is 5.78 Å². The second kappa shape index (κ2) is 11.3. The molecule has 5 heteroatoms. The molecule has 0 bridgehead atoms. The first-order valence-corrected chi connectivity index (χ1v) is 10.3. The van der Waals surface area contributed by atoms with E-state index in [-0.39, 0.29) is 6.10 Å². The number of hydrogen-bond acceptors (Lipinski definition) is 5. The Labute approximate surface area is 154 Å². The van der Waals surface area contributed by atoms with Crippen molar-refractivity contribution < 1.29 is 14.3 Å². The van der Waals surface area contributed by atoms with E-state index in [9.17, 15) is 4.79 Å². The van der Waals surface area contributed by atoms with Crippen LogP contribution < -0.4 is 0 Å². The van der Waals surface area contributed by atoms with Gasteiger partial charge >= 0.3 is 0 Å². The number of carbonyl (C=O) groups is 1. The van der Waals surface area contributed by atoms with Crippen LogP contribution in [0.4, 0.5) is 0 Å². The zero-order valence-electron chi connectivity index (χ0n) is 16.5. The summed E-state index contributed by atoms with van der Waals surface area (Å²) in [5.41, 5.74) is 0. The molecule has 0 aromatic rings. The minimum Gasteiger partial charge on any atom is -0.378 e. The molecule has 0 N–H and O–H groups in total. The lowest BCUT2D eigenvalue weighted by molar-refractivity contribution is -0.123. The van der Waals surface area contributed by atoms with Crippen molar-refractivity contribution in [2.24, 2.45) is 5.92 Å². The van der Waals surface area contributed by atoms with Crippen molar-refractivity contribution in [1.82, 2.24) is 9.80 Å². The van der Waals surface area contributed by atoms with Gasteiger partial charge in [0.2, 0.25) is 0 Å². The van der Waals surface area contributed by atoms with Crippen molar-refractivity contribution >= 4 is 5.78 Å². The van der Waals surface area contributed by atoms with Gasteiger partial charge in [0, 0.05) is 51.1 Å². The largest absolute Gasteiger partial charge is 0.378 e. The first-order valence-electron chi connectivity index (χ1n) is 10.3. The molecule has 25 heavy (non-hydrogen) atoms. The molecule has 0 unspecified atom stereocenters. The molecular formula is C20H38N2O3. The second-order valence-corrected chi connectivity index (χ2v) is 7.73. The molecule has 0 aromatic carbocycles. The van der Waals surface area contributed by atoms with Gasteiger partial charge in [-0.05, 0) is 39.5 Å². The minimum atomic E-state index is 0.284. The average molecular weight is 355 g/mol. The summed E-state index contributed by atoms with van der Waals surface area (Å²) < 4.78 is 11.1. The van der Waals surface area contributed by atoms with Crippen LogP contribution in [0, 0.1) is 5.92 Å². The maximum atomic E-state index is 11.9. The molecule has 2 rings (SSSR count). The fourth-order valence-electron chi connectivity index (χ4n) is 4.04. The predicted octanol–water partition coefficient (Wildman–Crippen LogP) is 2.58. The highest BCUT2D eigenvalue weighted by Gasteiger charge is 2.30.